The van der Waals surface area contributed by atoms with E-state index in [4.69, 9.17) is 4.74 Å². The number of ether oxygens (including phenoxy) is 1. The Kier molecular flexibility index (Phi) is 3.79. The van der Waals surface area contributed by atoms with Gasteiger partial charge in [-0.1, -0.05) is 0 Å². The van der Waals surface area contributed by atoms with Crippen molar-refractivity contribution in [1.82, 2.24) is 9.88 Å². The van der Waals surface area contributed by atoms with Crippen molar-refractivity contribution in [2.24, 2.45) is 0 Å². The van der Waals surface area contributed by atoms with Crippen LogP contribution in [-0.2, 0) is 4.74 Å². The maximum absolute atomic E-state index is 12.3. The maximum Gasteiger partial charge on any atom is 0.273 e. The van der Waals surface area contributed by atoms with Crippen LogP contribution in [-0.4, -0.2) is 41.6 Å². The van der Waals surface area contributed by atoms with Crippen LogP contribution in [0.3, 0.4) is 0 Å². The van der Waals surface area contributed by atoms with E-state index in [2.05, 4.69) is 20.9 Å². The fraction of sp³-hybridized carbons (Fsp3) is 0.500. The SMILES string of the molecule is CC1OCCC1N(C)C(=O)c1ncccc1Br. The molecule has 1 aliphatic heterocycles. The summed E-state index contributed by atoms with van der Waals surface area (Å²) in [7, 11) is 1.80. The van der Waals surface area contributed by atoms with E-state index in [9.17, 15) is 4.79 Å². The van der Waals surface area contributed by atoms with Crippen molar-refractivity contribution in [3.8, 4) is 0 Å². The first-order valence-corrected chi connectivity index (χ1v) is 6.40. The highest BCUT2D eigenvalue weighted by atomic mass is 79.9. The number of rotatable bonds is 2. The molecule has 2 rings (SSSR count). The molecule has 1 saturated heterocycles. The lowest BCUT2D eigenvalue weighted by atomic mass is 10.1. The predicted molar refractivity (Wildman–Crippen MR) is 67.8 cm³/mol. The van der Waals surface area contributed by atoms with E-state index in [1.54, 1.807) is 24.2 Å². The van der Waals surface area contributed by atoms with Gasteiger partial charge >= 0.3 is 0 Å². The fourth-order valence-corrected chi connectivity index (χ4v) is 2.51. The van der Waals surface area contributed by atoms with Crippen molar-refractivity contribution in [2.75, 3.05) is 13.7 Å². The van der Waals surface area contributed by atoms with Crippen LogP contribution in [0.25, 0.3) is 0 Å². The molecule has 0 saturated carbocycles. The van der Waals surface area contributed by atoms with E-state index >= 15 is 0 Å². The standard InChI is InChI=1S/C12H15BrN2O2/c1-8-10(5-7-17-8)15(2)12(16)11-9(13)4-3-6-14-11/h3-4,6,8,10H,5,7H2,1-2H3. The van der Waals surface area contributed by atoms with Gasteiger partial charge in [0.25, 0.3) is 5.91 Å². The Balaban J connectivity index is 2.17. The summed E-state index contributed by atoms with van der Waals surface area (Å²) in [6.07, 6.45) is 2.60. The van der Waals surface area contributed by atoms with E-state index in [-0.39, 0.29) is 18.1 Å². The van der Waals surface area contributed by atoms with Gasteiger partial charge in [-0.15, -0.1) is 0 Å². The molecule has 1 amide bonds. The molecule has 1 fully saturated rings. The van der Waals surface area contributed by atoms with Crippen LogP contribution < -0.4 is 0 Å². The summed E-state index contributed by atoms with van der Waals surface area (Å²) in [6, 6.07) is 3.75. The molecule has 17 heavy (non-hydrogen) atoms. The Morgan fingerprint density at radius 2 is 2.41 bits per heavy atom. The quantitative estimate of drug-likeness (QED) is 0.840. The molecule has 0 aliphatic carbocycles. The first-order chi connectivity index (χ1) is 8.11. The third-order valence-corrected chi connectivity index (χ3v) is 3.75. The highest BCUT2D eigenvalue weighted by Crippen LogP contribution is 2.22. The Morgan fingerprint density at radius 3 is 3.00 bits per heavy atom. The molecule has 0 radical (unpaired) electrons. The predicted octanol–water partition coefficient (Wildman–Crippen LogP) is 2.09. The smallest absolute Gasteiger partial charge is 0.273 e. The zero-order valence-corrected chi connectivity index (χ0v) is 11.5. The van der Waals surface area contributed by atoms with Gasteiger partial charge in [0.1, 0.15) is 5.69 Å². The first kappa shape index (κ1) is 12.5. The molecular formula is C12H15BrN2O2. The molecule has 0 spiro atoms. The number of pyridine rings is 1. The van der Waals surface area contributed by atoms with Gasteiger partial charge in [0, 0.05) is 24.3 Å². The Bertz CT molecular complexity index is 425. The number of hydrogen-bond donors (Lipinski definition) is 0. The van der Waals surface area contributed by atoms with Crippen LogP contribution in [0.15, 0.2) is 22.8 Å². The molecule has 1 aliphatic rings. The largest absolute Gasteiger partial charge is 0.376 e. The second-order valence-electron chi connectivity index (χ2n) is 4.18. The van der Waals surface area contributed by atoms with Gasteiger partial charge in [-0.25, -0.2) is 4.98 Å². The lowest BCUT2D eigenvalue weighted by Crippen LogP contribution is -2.41. The molecule has 0 N–H and O–H groups in total. The van der Waals surface area contributed by atoms with Crippen LogP contribution in [0.5, 0.6) is 0 Å². The molecular weight excluding hydrogens is 284 g/mol. The van der Waals surface area contributed by atoms with E-state index < -0.39 is 0 Å². The molecule has 0 aromatic carbocycles. The second kappa shape index (κ2) is 5.14. The highest BCUT2D eigenvalue weighted by Gasteiger charge is 2.31. The summed E-state index contributed by atoms with van der Waals surface area (Å²) < 4.78 is 6.20. The van der Waals surface area contributed by atoms with Crippen molar-refractivity contribution >= 4 is 21.8 Å². The van der Waals surface area contributed by atoms with Crippen LogP contribution in [0, 0.1) is 0 Å². The van der Waals surface area contributed by atoms with Gasteiger partial charge in [-0.05, 0) is 41.4 Å². The molecule has 92 valence electrons. The first-order valence-electron chi connectivity index (χ1n) is 5.60. The summed E-state index contributed by atoms with van der Waals surface area (Å²) in [5.74, 6) is -0.0696. The average molecular weight is 299 g/mol. The summed E-state index contributed by atoms with van der Waals surface area (Å²) in [5.41, 5.74) is 0.453. The monoisotopic (exact) mass is 298 g/mol. The molecule has 5 heteroatoms. The van der Waals surface area contributed by atoms with Crippen molar-refractivity contribution in [3.63, 3.8) is 0 Å². The minimum absolute atomic E-state index is 0.0696. The average Bonchev–Trinajstić information content (AvgIpc) is 2.74. The summed E-state index contributed by atoms with van der Waals surface area (Å²) in [6.45, 7) is 2.71. The van der Waals surface area contributed by atoms with Crippen LogP contribution in [0.1, 0.15) is 23.8 Å². The normalized spacial score (nSPS) is 23.7. The zero-order chi connectivity index (χ0) is 12.4. The summed E-state index contributed by atoms with van der Waals surface area (Å²) >= 11 is 3.35. The van der Waals surface area contributed by atoms with Gasteiger partial charge in [0.2, 0.25) is 0 Å². The minimum atomic E-state index is -0.0696. The number of carbonyl (C=O) groups excluding carboxylic acids is 1. The van der Waals surface area contributed by atoms with E-state index in [0.717, 1.165) is 10.9 Å². The molecule has 1 aromatic rings. The Morgan fingerprint density at radius 1 is 1.65 bits per heavy atom. The highest BCUT2D eigenvalue weighted by molar-refractivity contribution is 9.10. The van der Waals surface area contributed by atoms with Crippen molar-refractivity contribution in [2.45, 2.75) is 25.5 Å². The topological polar surface area (TPSA) is 42.4 Å². The number of hydrogen-bond acceptors (Lipinski definition) is 3. The molecule has 1 aromatic heterocycles. The third kappa shape index (κ3) is 2.50. The van der Waals surface area contributed by atoms with Crippen LogP contribution in [0.4, 0.5) is 0 Å². The zero-order valence-electron chi connectivity index (χ0n) is 9.89. The molecule has 0 bridgehead atoms. The lowest BCUT2D eigenvalue weighted by molar-refractivity contribution is 0.0569. The molecule has 2 atom stereocenters. The van der Waals surface area contributed by atoms with Gasteiger partial charge in [0.15, 0.2) is 0 Å². The van der Waals surface area contributed by atoms with Gasteiger partial charge in [0.05, 0.1) is 12.1 Å². The van der Waals surface area contributed by atoms with Crippen LogP contribution in [0.2, 0.25) is 0 Å². The van der Waals surface area contributed by atoms with Crippen molar-refractivity contribution < 1.29 is 9.53 Å². The van der Waals surface area contributed by atoms with Crippen molar-refractivity contribution in [3.05, 3.63) is 28.5 Å². The van der Waals surface area contributed by atoms with E-state index in [1.807, 2.05) is 13.0 Å². The maximum atomic E-state index is 12.3. The number of amides is 1. The lowest BCUT2D eigenvalue weighted by Gasteiger charge is -2.26. The Hall–Kier alpha value is -0.940. The van der Waals surface area contributed by atoms with Crippen molar-refractivity contribution in [1.29, 1.82) is 0 Å². The number of likely N-dealkylation sites (N-methyl/N-ethyl adjacent to an activating group) is 1. The molecule has 4 nitrogen and oxygen atoms in total. The van der Waals surface area contributed by atoms with E-state index in [1.165, 1.54) is 0 Å². The number of carbonyl (C=O) groups is 1. The summed E-state index contributed by atoms with van der Waals surface area (Å²) in [5, 5.41) is 0. The number of nitrogens with zero attached hydrogens (tertiary/aromatic N) is 2. The fourth-order valence-electron chi connectivity index (χ4n) is 2.09. The third-order valence-electron chi connectivity index (χ3n) is 3.12. The van der Waals surface area contributed by atoms with Crippen LogP contribution >= 0.6 is 15.9 Å². The number of halogens is 1. The number of aromatic nitrogens is 1. The van der Waals surface area contributed by atoms with Gasteiger partial charge in [-0.3, -0.25) is 4.79 Å². The van der Waals surface area contributed by atoms with E-state index in [0.29, 0.717) is 12.3 Å². The van der Waals surface area contributed by atoms with Gasteiger partial charge < -0.3 is 9.64 Å². The van der Waals surface area contributed by atoms with Gasteiger partial charge in [-0.2, -0.15) is 0 Å². The molecule has 2 unspecified atom stereocenters. The minimum Gasteiger partial charge on any atom is -0.376 e. The summed E-state index contributed by atoms with van der Waals surface area (Å²) in [4.78, 5) is 18.1. The second-order valence-corrected chi connectivity index (χ2v) is 5.04. The Labute approximate surface area is 109 Å². The molecule has 2 heterocycles.